The summed E-state index contributed by atoms with van der Waals surface area (Å²) in [5.74, 6) is -0.267. The average molecular weight is 361 g/mol. The lowest BCUT2D eigenvalue weighted by atomic mass is 10.0. The second kappa shape index (κ2) is 6.51. The standard InChI is InChI=1S/C15H19N7O2S/c1-10-18-19-15(25-10)22-7-11(6-13(22)23)14(24)20-4-2-12(3-5-20)21-8-16-17-9-21/h8-9,11-12H,2-7H2,1H3. The highest BCUT2D eigenvalue weighted by Crippen LogP contribution is 2.30. The maximum atomic E-state index is 12.8. The van der Waals surface area contributed by atoms with Crippen LogP contribution in [0.5, 0.6) is 0 Å². The Kier molecular flexibility index (Phi) is 4.20. The highest BCUT2D eigenvalue weighted by atomic mass is 32.1. The number of piperidine rings is 1. The molecule has 0 aliphatic carbocycles. The number of nitrogens with zero attached hydrogens (tertiary/aromatic N) is 7. The molecule has 2 aliphatic rings. The molecule has 9 nitrogen and oxygen atoms in total. The van der Waals surface area contributed by atoms with Gasteiger partial charge in [-0.1, -0.05) is 11.3 Å². The van der Waals surface area contributed by atoms with Crippen LogP contribution < -0.4 is 4.90 Å². The summed E-state index contributed by atoms with van der Waals surface area (Å²) in [6.07, 6.45) is 5.45. The van der Waals surface area contributed by atoms with E-state index in [2.05, 4.69) is 20.4 Å². The minimum Gasteiger partial charge on any atom is -0.342 e. The molecule has 132 valence electrons. The molecule has 2 saturated heterocycles. The van der Waals surface area contributed by atoms with Crippen LogP contribution in [-0.2, 0) is 9.59 Å². The van der Waals surface area contributed by atoms with Crippen LogP contribution in [-0.4, -0.2) is 61.3 Å². The van der Waals surface area contributed by atoms with Crippen molar-refractivity contribution in [2.45, 2.75) is 32.2 Å². The van der Waals surface area contributed by atoms with Gasteiger partial charge in [0.15, 0.2) is 0 Å². The summed E-state index contributed by atoms with van der Waals surface area (Å²) in [6, 6.07) is 0.338. The number of carbonyl (C=O) groups excluding carboxylic acids is 2. The van der Waals surface area contributed by atoms with Crippen LogP contribution in [0.3, 0.4) is 0 Å². The molecule has 2 amide bonds. The maximum absolute atomic E-state index is 12.8. The van der Waals surface area contributed by atoms with Gasteiger partial charge in [0.25, 0.3) is 0 Å². The molecule has 10 heteroatoms. The minimum atomic E-state index is -0.289. The van der Waals surface area contributed by atoms with E-state index in [0.717, 1.165) is 17.8 Å². The lowest BCUT2D eigenvalue weighted by Crippen LogP contribution is -2.42. The van der Waals surface area contributed by atoms with Gasteiger partial charge in [0.2, 0.25) is 16.9 Å². The summed E-state index contributed by atoms with van der Waals surface area (Å²) in [6.45, 7) is 3.65. The summed E-state index contributed by atoms with van der Waals surface area (Å²) in [5.41, 5.74) is 0. The summed E-state index contributed by atoms with van der Waals surface area (Å²) in [4.78, 5) is 28.5. The van der Waals surface area contributed by atoms with Gasteiger partial charge in [-0.05, 0) is 19.8 Å². The molecule has 2 aromatic rings. The van der Waals surface area contributed by atoms with Crippen molar-refractivity contribution < 1.29 is 9.59 Å². The molecule has 0 N–H and O–H groups in total. The topological polar surface area (TPSA) is 97.1 Å². The fraction of sp³-hybridized carbons (Fsp3) is 0.600. The van der Waals surface area contributed by atoms with Gasteiger partial charge in [-0.25, -0.2) is 0 Å². The molecule has 0 spiro atoms. The largest absolute Gasteiger partial charge is 0.342 e. The Morgan fingerprint density at radius 1 is 1.20 bits per heavy atom. The molecule has 0 saturated carbocycles. The zero-order valence-corrected chi connectivity index (χ0v) is 14.7. The van der Waals surface area contributed by atoms with Gasteiger partial charge in [-0.2, -0.15) is 0 Å². The number of hydrogen-bond donors (Lipinski definition) is 0. The molecule has 0 bridgehead atoms. The number of carbonyl (C=O) groups is 2. The molecule has 0 radical (unpaired) electrons. The number of amides is 2. The number of likely N-dealkylation sites (tertiary alicyclic amines) is 1. The molecular weight excluding hydrogens is 342 g/mol. The van der Waals surface area contributed by atoms with Crippen molar-refractivity contribution in [1.29, 1.82) is 0 Å². The van der Waals surface area contributed by atoms with Gasteiger partial charge >= 0.3 is 0 Å². The Balaban J connectivity index is 1.37. The van der Waals surface area contributed by atoms with E-state index in [1.165, 1.54) is 11.3 Å². The second-order valence-electron chi connectivity index (χ2n) is 6.47. The summed E-state index contributed by atoms with van der Waals surface area (Å²) in [7, 11) is 0. The van der Waals surface area contributed by atoms with Crippen molar-refractivity contribution in [3.8, 4) is 0 Å². The summed E-state index contributed by atoms with van der Waals surface area (Å²) in [5, 5.41) is 17.1. The Hall–Kier alpha value is -2.36. The van der Waals surface area contributed by atoms with Crippen molar-refractivity contribution in [2.75, 3.05) is 24.5 Å². The average Bonchev–Trinajstić information content (AvgIpc) is 3.35. The normalized spacial score (nSPS) is 22.0. The molecular formula is C15H19N7O2S. The van der Waals surface area contributed by atoms with E-state index in [-0.39, 0.29) is 24.2 Å². The van der Waals surface area contributed by atoms with Gasteiger partial charge in [-0.3, -0.25) is 14.5 Å². The number of aryl methyl sites for hydroxylation is 1. The van der Waals surface area contributed by atoms with Crippen molar-refractivity contribution in [2.24, 2.45) is 5.92 Å². The third-order valence-corrected chi connectivity index (χ3v) is 5.72. The number of rotatable bonds is 3. The Bertz CT molecular complexity index is 767. The van der Waals surface area contributed by atoms with Gasteiger partial charge in [-0.15, -0.1) is 20.4 Å². The highest BCUT2D eigenvalue weighted by Gasteiger charge is 2.39. The van der Waals surface area contributed by atoms with Crippen LogP contribution in [0, 0.1) is 12.8 Å². The van der Waals surface area contributed by atoms with Crippen molar-refractivity contribution in [3.63, 3.8) is 0 Å². The number of hydrogen-bond acceptors (Lipinski definition) is 7. The molecule has 0 aromatic carbocycles. The smallest absolute Gasteiger partial charge is 0.229 e. The van der Waals surface area contributed by atoms with E-state index < -0.39 is 0 Å². The summed E-state index contributed by atoms with van der Waals surface area (Å²) < 4.78 is 2.00. The second-order valence-corrected chi connectivity index (χ2v) is 7.63. The molecule has 4 rings (SSSR count). The third-order valence-electron chi connectivity index (χ3n) is 4.85. The van der Waals surface area contributed by atoms with E-state index in [1.807, 2.05) is 16.4 Å². The molecule has 4 heterocycles. The van der Waals surface area contributed by atoms with Crippen molar-refractivity contribution in [1.82, 2.24) is 29.9 Å². The predicted molar refractivity (Wildman–Crippen MR) is 90.0 cm³/mol. The van der Waals surface area contributed by atoms with Crippen LogP contribution in [0.25, 0.3) is 0 Å². The first-order valence-corrected chi connectivity index (χ1v) is 9.17. The fourth-order valence-corrected chi connectivity index (χ4v) is 4.21. The van der Waals surface area contributed by atoms with Crippen LogP contribution in [0.1, 0.15) is 30.3 Å². The highest BCUT2D eigenvalue weighted by molar-refractivity contribution is 7.15. The van der Waals surface area contributed by atoms with Gasteiger partial charge in [0, 0.05) is 32.1 Å². The van der Waals surface area contributed by atoms with Crippen molar-refractivity contribution in [3.05, 3.63) is 17.7 Å². The van der Waals surface area contributed by atoms with E-state index >= 15 is 0 Å². The quantitative estimate of drug-likeness (QED) is 0.796. The molecule has 2 fully saturated rings. The molecule has 1 unspecified atom stereocenters. The van der Waals surface area contributed by atoms with E-state index in [4.69, 9.17) is 0 Å². The van der Waals surface area contributed by atoms with Gasteiger partial charge in [0.05, 0.1) is 5.92 Å². The van der Waals surface area contributed by atoms with E-state index in [0.29, 0.717) is 30.8 Å². The van der Waals surface area contributed by atoms with Crippen LogP contribution in [0.2, 0.25) is 0 Å². The lowest BCUT2D eigenvalue weighted by Gasteiger charge is -2.33. The predicted octanol–water partition coefficient (Wildman–Crippen LogP) is 0.655. The third kappa shape index (κ3) is 3.13. The Morgan fingerprint density at radius 2 is 1.92 bits per heavy atom. The number of anilines is 1. The summed E-state index contributed by atoms with van der Waals surface area (Å²) >= 11 is 1.38. The van der Waals surface area contributed by atoms with Crippen LogP contribution in [0.4, 0.5) is 5.13 Å². The first-order valence-electron chi connectivity index (χ1n) is 8.35. The molecule has 2 aromatic heterocycles. The first-order chi connectivity index (χ1) is 12.1. The monoisotopic (exact) mass is 361 g/mol. The van der Waals surface area contributed by atoms with Gasteiger partial charge in [0.1, 0.15) is 17.7 Å². The Labute approximate surface area is 148 Å². The molecule has 1 atom stereocenters. The Morgan fingerprint density at radius 3 is 2.56 bits per heavy atom. The van der Waals surface area contributed by atoms with Gasteiger partial charge < -0.3 is 9.47 Å². The number of aromatic nitrogens is 5. The zero-order chi connectivity index (χ0) is 17.4. The maximum Gasteiger partial charge on any atom is 0.229 e. The van der Waals surface area contributed by atoms with E-state index in [9.17, 15) is 9.59 Å². The minimum absolute atomic E-state index is 0.0473. The molecule has 25 heavy (non-hydrogen) atoms. The van der Waals surface area contributed by atoms with Crippen LogP contribution in [0.15, 0.2) is 12.7 Å². The van der Waals surface area contributed by atoms with Crippen molar-refractivity contribution >= 4 is 28.3 Å². The fourth-order valence-electron chi connectivity index (χ4n) is 3.49. The first kappa shape index (κ1) is 16.1. The lowest BCUT2D eigenvalue weighted by molar-refractivity contribution is -0.137. The zero-order valence-electron chi connectivity index (χ0n) is 13.9. The molecule has 2 aliphatic heterocycles. The SMILES string of the molecule is Cc1nnc(N2CC(C(=O)N3CCC(n4cnnc4)CC3)CC2=O)s1. The van der Waals surface area contributed by atoms with Crippen LogP contribution >= 0.6 is 11.3 Å². The van der Waals surface area contributed by atoms with E-state index in [1.54, 1.807) is 17.6 Å².